The second kappa shape index (κ2) is 5.32. The fraction of sp³-hybridized carbons (Fsp3) is 0.692. The molecule has 118 valence electrons. The first kappa shape index (κ1) is 15.8. The van der Waals surface area contributed by atoms with E-state index in [0.717, 1.165) is 10.6 Å². The lowest BCUT2D eigenvalue weighted by molar-refractivity contribution is -0.250. The number of aryl methyl sites for hydroxylation is 1. The maximum atomic E-state index is 12.7. The molecule has 1 atom stereocenters. The van der Waals surface area contributed by atoms with Gasteiger partial charge in [-0.05, 0) is 25.8 Å². The van der Waals surface area contributed by atoms with Gasteiger partial charge in [-0.1, -0.05) is 0 Å². The Bertz CT molecular complexity index is 517. The van der Waals surface area contributed by atoms with Gasteiger partial charge in [-0.25, -0.2) is 0 Å². The minimum atomic E-state index is -4.97. The number of halogens is 3. The van der Waals surface area contributed by atoms with Gasteiger partial charge in [-0.15, -0.1) is 0 Å². The van der Waals surface area contributed by atoms with Gasteiger partial charge in [0.2, 0.25) is 5.60 Å². The molecule has 0 aliphatic carbocycles. The Labute approximate surface area is 120 Å². The van der Waals surface area contributed by atoms with Gasteiger partial charge in [0.05, 0.1) is 0 Å². The number of hydrogen-bond acceptors (Lipinski definition) is 3. The highest BCUT2D eigenvalue weighted by molar-refractivity contribution is 5.85. The number of alkyl halides is 3. The van der Waals surface area contributed by atoms with Crippen LogP contribution >= 0.6 is 0 Å². The van der Waals surface area contributed by atoms with Crippen LogP contribution < -0.4 is 0 Å². The number of hydrogen-bond donors (Lipinski definition) is 1. The Morgan fingerprint density at radius 1 is 1.38 bits per heavy atom. The number of aliphatic hydroxyl groups is 1. The topological polar surface area (TPSA) is 58.4 Å². The van der Waals surface area contributed by atoms with E-state index in [2.05, 4.69) is 5.10 Å². The number of carbonyl (C=O) groups excluding carboxylic acids is 1. The minimum Gasteiger partial charge on any atom is -0.373 e. The van der Waals surface area contributed by atoms with Crippen molar-refractivity contribution in [1.82, 2.24) is 14.7 Å². The van der Waals surface area contributed by atoms with Gasteiger partial charge in [-0.3, -0.25) is 9.48 Å². The zero-order valence-electron chi connectivity index (χ0n) is 11.9. The van der Waals surface area contributed by atoms with Crippen molar-refractivity contribution in [2.24, 2.45) is 7.05 Å². The van der Waals surface area contributed by atoms with E-state index in [1.807, 2.05) is 6.07 Å². The Morgan fingerprint density at radius 3 is 2.38 bits per heavy atom. The maximum Gasteiger partial charge on any atom is 0.426 e. The summed E-state index contributed by atoms with van der Waals surface area (Å²) < 4.78 is 39.8. The molecule has 1 aromatic rings. The summed E-state index contributed by atoms with van der Waals surface area (Å²) in [6.45, 7) is 0.893. The van der Waals surface area contributed by atoms with E-state index in [4.69, 9.17) is 0 Å². The lowest BCUT2D eigenvalue weighted by atomic mass is 9.92. The molecule has 1 aliphatic heterocycles. The summed E-state index contributed by atoms with van der Waals surface area (Å²) in [6.07, 6.45) is -2.19. The molecule has 1 saturated heterocycles. The van der Waals surface area contributed by atoms with E-state index in [0.29, 0.717) is 19.8 Å². The summed E-state index contributed by atoms with van der Waals surface area (Å²) in [4.78, 5) is 12.9. The minimum absolute atomic E-state index is 0.164. The molecule has 2 rings (SSSR count). The summed E-state index contributed by atoms with van der Waals surface area (Å²) in [5, 5.41) is 13.5. The molecule has 2 heterocycles. The molecule has 1 aliphatic rings. The first-order valence-electron chi connectivity index (χ1n) is 6.71. The second-order valence-electron chi connectivity index (χ2n) is 5.52. The average Bonchev–Trinajstić information content (AvgIpc) is 2.83. The van der Waals surface area contributed by atoms with Crippen LogP contribution in [0, 0.1) is 0 Å². The third-order valence-corrected chi connectivity index (χ3v) is 4.03. The SMILES string of the molecule is Cn1nccc1C1CCN(C(=O)[C@@](C)(O)C(F)(F)F)CC1. The number of likely N-dealkylation sites (tertiary alicyclic amines) is 1. The average molecular weight is 305 g/mol. The number of carbonyl (C=O) groups is 1. The smallest absolute Gasteiger partial charge is 0.373 e. The summed E-state index contributed by atoms with van der Waals surface area (Å²) in [5.41, 5.74) is -2.32. The third-order valence-electron chi connectivity index (χ3n) is 4.03. The predicted molar refractivity (Wildman–Crippen MR) is 68.4 cm³/mol. The lowest BCUT2D eigenvalue weighted by Gasteiger charge is -2.36. The van der Waals surface area contributed by atoms with E-state index in [1.54, 1.807) is 17.9 Å². The first-order chi connectivity index (χ1) is 9.64. The lowest BCUT2D eigenvalue weighted by Crippen LogP contribution is -2.57. The monoisotopic (exact) mass is 305 g/mol. The van der Waals surface area contributed by atoms with Crippen LogP contribution in [0.5, 0.6) is 0 Å². The molecule has 1 amide bonds. The molecule has 1 N–H and O–H groups in total. The Morgan fingerprint density at radius 2 is 1.95 bits per heavy atom. The molecule has 0 aromatic carbocycles. The summed E-state index contributed by atoms with van der Waals surface area (Å²) in [6, 6.07) is 1.87. The molecule has 0 bridgehead atoms. The fourth-order valence-electron chi connectivity index (χ4n) is 2.59. The molecule has 0 saturated carbocycles. The Hall–Kier alpha value is -1.57. The van der Waals surface area contributed by atoms with Crippen molar-refractivity contribution in [3.05, 3.63) is 18.0 Å². The van der Waals surface area contributed by atoms with E-state index >= 15 is 0 Å². The molecular formula is C13H18F3N3O2. The van der Waals surface area contributed by atoms with Crippen LogP contribution in [0.2, 0.25) is 0 Å². The van der Waals surface area contributed by atoms with E-state index in [1.165, 1.54) is 0 Å². The van der Waals surface area contributed by atoms with Crippen LogP contribution in [-0.4, -0.2) is 50.6 Å². The maximum absolute atomic E-state index is 12.7. The molecule has 0 radical (unpaired) electrons. The van der Waals surface area contributed by atoms with Crippen molar-refractivity contribution in [1.29, 1.82) is 0 Å². The molecule has 0 unspecified atom stereocenters. The molecule has 1 aromatic heterocycles. The van der Waals surface area contributed by atoms with Crippen molar-refractivity contribution in [3.63, 3.8) is 0 Å². The van der Waals surface area contributed by atoms with Gasteiger partial charge >= 0.3 is 6.18 Å². The van der Waals surface area contributed by atoms with Gasteiger partial charge in [-0.2, -0.15) is 18.3 Å². The van der Waals surface area contributed by atoms with Crippen molar-refractivity contribution in [2.75, 3.05) is 13.1 Å². The van der Waals surface area contributed by atoms with Gasteiger partial charge in [0.25, 0.3) is 5.91 Å². The molecule has 21 heavy (non-hydrogen) atoms. The third kappa shape index (κ3) is 2.90. The highest BCUT2D eigenvalue weighted by Gasteiger charge is 2.57. The highest BCUT2D eigenvalue weighted by atomic mass is 19.4. The summed E-state index contributed by atoms with van der Waals surface area (Å²) in [7, 11) is 1.81. The molecule has 1 fully saturated rings. The van der Waals surface area contributed by atoms with Crippen LogP contribution in [0.3, 0.4) is 0 Å². The molecule has 5 nitrogen and oxygen atoms in total. The van der Waals surface area contributed by atoms with E-state index in [9.17, 15) is 23.1 Å². The van der Waals surface area contributed by atoms with Crippen LogP contribution in [0.1, 0.15) is 31.4 Å². The van der Waals surface area contributed by atoms with Crippen LogP contribution in [-0.2, 0) is 11.8 Å². The zero-order valence-corrected chi connectivity index (χ0v) is 11.9. The number of amides is 1. The second-order valence-corrected chi connectivity index (χ2v) is 5.52. The Balaban J connectivity index is 2.01. The molecule has 0 spiro atoms. The van der Waals surface area contributed by atoms with Gasteiger partial charge in [0, 0.05) is 37.9 Å². The number of piperidine rings is 1. The van der Waals surface area contributed by atoms with Crippen molar-refractivity contribution in [2.45, 2.75) is 37.5 Å². The Kier molecular flexibility index (Phi) is 4.01. The van der Waals surface area contributed by atoms with Gasteiger partial charge < -0.3 is 10.0 Å². The standard InChI is InChI=1S/C13H18F3N3O2/c1-12(21,13(14,15)16)11(20)19-7-4-9(5-8-19)10-3-6-17-18(10)2/h3,6,9,21H,4-5,7-8H2,1-2H3/t12-/m1/s1. The molecular weight excluding hydrogens is 287 g/mol. The first-order valence-corrected chi connectivity index (χ1v) is 6.71. The van der Waals surface area contributed by atoms with E-state index < -0.39 is 17.7 Å². The predicted octanol–water partition coefficient (Wildman–Crippen LogP) is 1.44. The highest BCUT2D eigenvalue weighted by Crippen LogP contribution is 2.34. The summed E-state index contributed by atoms with van der Waals surface area (Å²) in [5.74, 6) is -1.11. The van der Waals surface area contributed by atoms with Crippen LogP contribution in [0.4, 0.5) is 13.2 Å². The van der Waals surface area contributed by atoms with Gasteiger partial charge in [0.15, 0.2) is 0 Å². The van der Waals surface area contributed by atoms with Crippen LogP contribution in [0.15, 0.2) is 12.3 Å². The zero-order chi connectivity index (χ0) is 15.8. The molecule has 8 heteroatoms. The van der Waals surface area contributed by atoms with Crippen LogP contribution in [0.25, 0.3) is 0 Å². The van der Waals surface area contributed by atoms with Crippen molar-refractivity contribution in [3.8, 4) is 0 Å². The summed E-state index contributed by atoms with van der Waals surface area (Å²) >= 11 is 0. The van der Waals surface area contributed by atoms with Crippen molar-refractivity contribution < 1.29 is 23.1 Å². The number of nitrogens with zero attached hydrogens (tertiary/aromatic N) is 3. The fourth-order valence-corrected chi connectivity index (χ4v) is 2.59. The van der Waals surface area contributed by atoms with Gasteiger partial charge in [0.1, 0.15) is 0 Å². The van der Waals surface area contributed by atoms with E-state index in [-0.39, 0.29) is 19.0 Å². The number of aromatic nitrogens is 2. The quantitative estimate of drug-likeness (QED) is 0.899. The normalized spacial score (nSPS) is 20.4. The number of rotatable bonds is 2. The van der Waals surface area contributed by atoms with Crippen molar-refractivity contribution >= 4 is 5.91 Å². The largest absolute Gasteiger partial charge is 0.426 e.